The summed E-state index contributed by atoms with van der Waals surface area (Å²) < 4.78 is 6.11. The van der Waals surface area contributed by atoms with Crippen LogP contribution in [-0.4, -0.2) is 45.4 Å². The number of pyridine rings is 1. The fraction of sp³-hybridized carbons (Fsp3) is 0.194. The summed E-state index contributed by atoms with van der Waals surface area (Å²) in [5, 5.41) is 34.1. The van der Waals surface area contributed by atoms with Crippen LogP contribution in [0, 0.1) is 5.41 Å². The van der Waals surface area contributed by atoms with Gasteiger partial charge < -0.3 is 15.0 Å². The Labute approximate surface area is 223 Å². The second kappa shape index (κ2) is 9.67. The van der Waals surface area contributed by atoms with Gasteiger partial charge in [0, 0.05) is 27.6 Å². The van der Waals surface area contributed by atoms with Gasteiger partial charge in [-0.05, 0) is 45.4 Å². The Balaban J connectivity index is 1.74. The van der Waals surface area contributed by atoms with Crippen molar-refractivity contribution >= 4 is 46.9 Å². The number of hydrogen-bond donors (Lipinski definition) is 3. The topological polar surface area (TPSA) is 98.8 Å². The van der Waals surface area contributed by atoms with E-state index < -0.39 is 11.2 Å². The lowest BCUT2D eigenvalue weighted by atomic mass is 9.79. The van der Waals surface area contributed by atoms with Gasteiger partial charge in [0.1, 0.15) is 5.71 Å². The van der Waals surface area contributed by atoms with E-state index in [0.29, 0.717) is 11.1 Å². The van der Waals surface area contributed by atoms with Crippen LogP contribution in [0.25, 0.3) is 33.8 Å². The Hall–Kier alpha value is -4.07. The zero-order valence-corrected chi connectivity index (χ0v) is 22.0. The maximum atomic E-state index is 10.5. The molecule has 190 valence electrons. The van der Waals surface area contributed by atoms with E-state index >= 15 is 0 Å². The predicted molar refractivity (Wildman–Crippen MR) is 156 cm³/mol. The number of hydrogen-bond acceptors (Lipinski definition) is 6. The van der Waals surface area contributed by atoms with Crippen molar-refractivity contribution in [2.24, 2.45) is 5.16 Å². The van der Waals surface area contributed by atoms with Gasteiger partial charge in [-0.3, -0.25) is 5.41 Å². The standard InChI is InChI=1S/C31H30BN3O3/c1-30(2,36)31(3,4)38-32-21-15-16-25-23(17-21)26-24(28(34-25)20-13-9-6-10-14-20)18-22(27(33)29(26)35-37)19-11-7-5-8-12-19/h5-18,32-33,36-37H,1-4H3/b33-27?,35-29-. The van der Waals surface area contributed by atoms with Crippen LogP contribution < -0.4 is 5.46 Å². The lowest BCUT2D eigenvalue weighted by molar-refractivity contribution is -0.0893. The number of aromatic nitrogens is 1. The van der Waals surface area contributed by atoms with E-state index in [1.807, 2.05) is 98.8 Å². The number of nitrogens with zero attached hydrogens (tertiary/aromatic N) is 2. The van der Waals surface area contributed by atoms with Crippen LogP contribution in [0.5, 0.6) is 0 Å². The maximum Gasteiger partial charge on any atom is 0.309 e. The molecule has 0 radical (unpaired) electrons. The molecule has 0 bridgehead atoms. The predicted octanol–water partition coefficient (Wildman–Crippen LogP) is 5.20. The lowest BCUT2D eigenvalue weighted by Crippen LogP contribution is -2.49. The summed E-state index contributed by atoms with van der Waals surface area (Å²) in [6, 6.07) is 25.4. The first-order valence-electron chi connectivity index (χ1n) is 12.6. The number of oxime groups is 1. The summed E-state index contributed by atoms with van der Waals surface area (Å²) >= 11 is 0. The van der Waals surface area contributed by atoms with Crippen molar-refractivity contribution in [1.82, 2.24) is 4.98 Å². The molecule has 1 aliphatic carbocycles. The highest BCUT2D eigenvalue weighted by Crippen LogP contribution is 2.38. The van der Waals surface area contributed by atoms with E-state index in [-0.39, 0.29) is 18.9 Å². The average Bonchev–Trinajstić information content (AvgIpc) is 2.91. The second-order valence-corrected chi connectivity index (χ2v) is 10.6. The van der Waals surface area contributed by atoms with Crippen LogP contribution in [0.15, 0.2) is 84.0 Å². The molecule has 0 spiro atoms. The molecule has 0 saturated carbocycles. The molecule has 0 saturated heterocycles. The summed E-state index contributed by atoms with van der Waals surface area (Å²) in [4.78, 5) is 5.04. The van der Waals surface area contributed by atoms with E-state index in [2.05, 4.69) is 5.16 Å². The minimum atomic E-state index is -1.03. The molecular formula is C31H30BN3O3. The average molecular weight is 503 g/mol. The van der Waals surface area contributed by atoms with Gasteiger partial charge in [0.15, 0.2) is 0 Å². The summed E-state index contributed by atoms with van der Waals surface area (Å²) in [7, 11) is 0.274. The third-order valence-electron chi connectivity index (χ3n) is 7.42. The molecule has 0 aliphatic heterocycles. The third kappa shape index (κ3) is 4.55. The summed E-state index contributed by atoms with van der Waals surface area (Å²) in [5.41, 5.74) is 4.79. The first kappa shape index (κ1) is 25.6. The molecule has 6 nitrogen and oxygen atoms in total. The monoisotopic (exact) mass is 503 g/mol. The molecule has 3 aromatic carbocycles. The first-order chi connectivity index (χ1) is 18.1. The van der Waals surface area contributed by atoms with Crippen LogP contribution in [0.4, 0.5) is 0 Å². The number of nitrogens with one attached hydrogen (secondary N) is 1. The van der Waals surface area contributed by atoms with Gasteiger partial charge in [-0.25, -0.2) is 4.98 Å². The Morgan fingerprint density at radius 1 is 0.895 bits per heavy atom. The molecule has 4 aromatic rings. The smallest absolute Gasteiger partial charge is 0.309 e. The van der Waals surface area contributed by atoms with Gasteiger partial charge >= 0.3 is 7.48 Å². The van der Waals surface area contributed by atoms with Crippen LogP contribution >= 0.6 is 0 Å². The Morgan fingerprint density at radius 3 is 2.13 bits per heavy atom. The van der Waals surface area contributed by atoms with Crippen LogP contribution in [0.1, 0.15) is 44.4 Å². The Morgan fingerprint density at radius 2 is 1.53 bits per heavy atom. The van der Waals surface area contributed by atoms with E-state index in [1.165, 1.54) is 0 Å². The Kier molecular flexibility index (Phi) is 6.51. The van der Waals surface area contributed by atoms with Gasteiger partial charge in [0.05, 0.1) is 28.1 Å². The minimum absolute atomic E-state index is 0.141. The van der Waals surface area contributed by atoms with Crippen LogP contribution in [0.3, 0.4) is 0 Å². The molecule has 0 unspecified atom stereocenters. The molecule has 1 aliphatic rings. The number of aliphatic hydroxyl groups is 1. The molecule has 1 heterocycles. The normalized spacial score (nSPS) is 14.9. The second-order valence-electron chi connectivity index (χ2n) is 10.6. The quantitative estimate of drug-likeness (QED) is 0.191. The van der Waals surface area contributed by atoms with E-state index in [0.717, 1.165) is 38.8 Å². The fourth-order valence-electron chi connectivity index (χ4n) is 4.48. The van der Waals surface area contributed by atoms with Crippen LogP contribution in [-0.2, 0) is 4.65 Å². The van der Waals surface area contributed by atoms with E-state index in [9.17, 15) is 10.3 Å². The number of fused-ring (bicyclic) bond motifs is 3. The molecule has 38 heavy (non-hydrogen) atoms. The highest BCUT2D eigenvalue weighted by atomic mass is 16.5. The summed E-state index contributed by atoms with van der Waals surface area (Å²) in [6.07, 6.45) is 1.97. The van der Waals surface area contributed by atoms with Crippen molar-refractivity contribution in [1.29, 1.82) is 5.41 Å². The maximum absolute atomic E-state index is 10.5. The SMILES string of the molecule is CC(C)(O)C(C)(C)OBc1ccc2nc(-c3ccccc3)c3c(c2c1)/C(=N/O)C(=N)C(c1ccccc1)=C3. The molecule has 0 atom stereocenters. The van der Waals surface area contributed by atoms with E-state index in [4.69, 9.17) is 15.0 Å². The molecule has 3 N–H and O–H groups in total. The van der Waals surface area contributed by atoms with Gasteiger partial charge in [-0.15, -0.1) is 0 Å². The number of benzene rings is 3. The van der Waals surface area contributed by atoms with Gasteiger partial charge in [-0.2, -0.15) is 0 Å². The largest absolute Gasteiger partial charge is 0.427 e. The first-order valence-corrected chi connectivity index (χ1v) is 12.6. The van der Waals surface area contributed by atoms with Gasteiger partial charge in [0.2, 0.25) is 0 Å². The molecule has 7 heteroatoms. The Bertz CT molecular complexity index is 1590. The molecule has 0 fully saturated rings. The fourth-order valence-corrected chi connectivity index (χ4v) is 4.48. The zero-order valence-electron chi connectivity index (χ0n) is 22.0. The van der Waals surface area contributed by atoms with Crippen molar-refractivity contribution in [3.8, 4) is 11.3 Å². The minimum Gasteiger partial charge on any atom is -0.427 e. The van der Waals surface area contributed by atoms with Gasteiger partial charge in [0.25, 0.3) is 0 Å². The summed E-state index contributed by atoms with van der Waals surface area (Å²) in [5.74, 6) is 0. The lowest BCUT2D eigenvalue weighted by Gasteiger charge is -2.37. The van der Waals surface area contributed by atoms with Gasteiger partial charge in [-0.1, -0.05) is 83.4 Å². The van der Waals surface area contributed by atoms with Crippen molar-refractivity contribution < 1.29 is 15.0 Å². The van der Waals surface area contributed by atoms with Crippen molar-refractivity contribution in [3.05, 3.63) is 95.6 Å². The van der Waals surface area contributed by atoms with Crippen LogP contribution in [0.2, 0.25) is 0 Å². The molecule has 5 rings (SSSR count). The number of rotatable bonds is 6. The zero-order chi connectivity index (χ0) is 27.1. The van der Waals surface area contributed by atoms with Crippen molar-refractivity contribution in [2.45, 2.75) is 38.9 Å². The van der Waals surface area contributed by atoms with Crippen molar-refractivity contribution in [3.63, 3.8) is 0 Å². The van der Waals surface area contributed by atoms with Crippen molar-refractivity contribution in [2.75, 3.05) is 0 Å². The molecule has 0 amide bonds. The highest BCUT2D eigenvalue weighted by molar-refractivity contribution is 6.65. The number of allylic oxidation sites excluding steroid dienone is 1. The van der Waals surface area contributed by atoms with E-state index in [1.54, 1.807) is 13.8 Å². The summed E-state index contributed by atoms with van der Waals surface area (Å²) in [6.45, 7) is 7.17. The molecular weight excluding hydrogens is 473 g/mol. The highest BCUT2D eigenvalue weighted by Gasteiger charge is 2.36. The molecule has 1 aromatic heterocycles. The third-order valence-corrected chi connectivity index (χ3v) is 7.42.